The zero-order valence-corrected chi connectivity index (χ0v) is 4.67. The van der Waals surface area contributed by atoms with E-state index in [4.69, 9.17) is 0 Å². The smallest absolute Gasteiger partial charge is 1.00 e. The molecule has 0 aromatic rings. The van der Waals surface area contributed by atoms with Crippen molar-refractivity contribution in [2.24, 2.45) is 0 Å². The monoisotopic (exact) mass is 92.1 g/mol. The molecular weight excluding hydrogens is 82.1 g/mol. The van der Waals surface area contributed by atoms with Crippen molar-refractivity contribution in [2.75, 3.05) is 21.1 Å². The fraction of sp³-hybridized carbons (Fsp3) is 1.00. The summed E-state index contributed by atoms with van der Waals surface area (Å²) >= 11 is 0. The van der Waals surface area contributed by atoms with Crippen LogP contribution < -0.4 is 0 Å². The second-order valence-corrected chi connectivity index (χ2v) is 1.34. The lowest BCUT2D eigenvalue weighted by atomic mass is 11.0. The molecule has 2 heteroatoms. The first-order valence-electron chi connectivity index (χ1n) is 1.34. The van der Waals surface area contributed by atoms with Crippen molar-refractivity contribution in [3.8, 4) is 0 Å². The Bertz CT molecular complexity index is 15.5. The van der Waals surface area contributed by atoms with E-state index in [1.54, 1.807) is 0 Å². The number of hydrogen-bond donors (Lipinski definition) is 0. The topological polar surface area (TPSA) is 3.24 Å². The molecule has 0 bridgehead atoms. The summed E-state index contributed by atoms with van der Waals surface area (Å²) in [7, 11) is 6.00. The van der Waals surface area contributed by atoms with E-state index in [0.29, 0.717) is 0 Å². The molecule has 0 amide bonds. The van der Waals surface area contributed by atoms with Crippen molar-refractivity contribution in [1.29, 1.82) is 0 Å². The number of rotatable bonds is 0. The summed E-state index contributed by atoms with van der Waals surface area (Å²) in [6, 6.07) is 0. The lowest BCUT2D eigenvalue weighted by molar-refractivity contribution is 0.505. The average Bonchev–Trinajstić information content (AvgIpc) is 0.811. The van der Waals surface area contributed by atoms with E-state index >= 15 is 0 Å². The van der Waals surface area contributed by atoms with Gasteiger partial charge in [-0.1, -0.05) is 0 Å². The van der Waals surface area contributed by atoms with Crippen molar-refractivity contribution in [3.05, 3.63) is 0 Å². The molecule has 5 heavy (non-hydrogen) atoms. The third-order valence-electron chi connectivity index (χ3n) is 0. The maximum absolute atomic E-state index is 2.00. The first kappa shape index (κ1) is 9.00. The third kappa shape index (κ3) is 239. The van der Waals surface area contributed by atoms with Crippen LogP contribution in [0.2, 0.25) is 0 Å². The van der Waals surface area contributed by atoms with Gasteiger partial charge in [-0.3, -0.25) is 0 Å². The van der Waals surface area contributed by atoms with E-state index in [0.717, 1.165) is 0 Å². The molecule has 0 radical (unpaired) electrons. The van der Waals surface area contributed by atoms with Crippen LogP contribution in [0.3, 0.4) is 0 Å². The van der Waals surface area contributed by atoms with Crippen molar-refractivity contribution in [2.45, 2.75) is 0 Å². The Balaban J connectivity index is -0.0000000450. The Hall–Kier alpha value is 0.310. The van der Waals surface area contributed by atoms with Gasteiger partial charge in [0.2, 0.25) is 0 Å². The minimum absolute atomic E-state index is 0. The zero-order valence-electron chi connectivity index (χ0n) is 4.86. The average molecular weight is 92.2 g/mol. The predicted octanol–water partition coefficient (Wildman–Crippen LogP) is 0.288. The molecule has 0 aliphatic carbocycles. The van der Waals surface area contributed by atoms with Crippen LogP contribution in [0.5, 0.6) is 0 Å². The molecule has 0 aromatic carbocycles. The summed E-state index contributed by atoms with van der Waals surface area (Å²) in [5.74, 6) is 0. The fourth-order valence-corrected chi connectivity index (χ4v) is 0. The molecule has 0 aliphatic rings. The molecule has 0 saturated carbocycles. The van der Waals surface area contributed by atoms with Gasteiger partial charge in [-0.15, -0.1) is 0 Å². The molecule has 0 aromatic heterocycles. The SMILES string of the molecule is CN(C)C.[H+].[S-2]. The van der Waals surface area contributed by atoms with Gasteiger partial charge in [0, 0.05) is 0 Å². The van der Waals surface area contributed by atoms with Gasteiger partial charge in [0.15, 0.2) is 0 Å². The van der Waals surface area contributed by atoms with Gasteiger partial charge in [0.25, 0.3) is 0 Å². The molecule has 0 N–H and O–H groups in total. The summed E-state index contributed by atoms with van der Waals surface area (Å²) in [5, 5.41) is 0. The Kier molecular flexibility index (Phi) is 7.76. The molecule has 1 nitrogen and oxygen atoms in total. The Morgan fingerprint density at radius 2 is 1.20 bits per heavy atom. The van der Waals surface area contributed by atoms with E-state index in [2.05, 4.69) is 0 Å². The molecule has 0 fully saturated rings. The van der Waals surface area contributed by atoms with Gasteiger partial charge < -0.3 is 18.4 Å². The van der Waals surface area contributed by atoms with E-state index in [-0.39, 0.29) is 14.9 Å². The maximum atomic E-state index is 2.00. The highest BCUT2D eigenvalue weighted by Crippen LogP contribution is 1.47. The van der Waals surface area contributed by atoms with Crippen molar-refractivity contribution in [1.82, 2.24) is 4.90 Å². The first-order chi connectivity index (χ1) is 1.73. The molecule has 34 valence electrons. The molecule has 0 unspecified atom stereocenters. The normalized spacial score (nSPS) is 7.20. The number of hydrogen-bond acceptors (Lipinski definition) is 1. The molecule has 0 aliphatic heterocycles. The van der Waals surface area contributed by atoms with E-state index in [1.807, 2.05) is 26.0 Å². The minimum atomic E-state index is 0. The standard InChI is InChI=1S/C3H9N.S/c1-4(2)3;/h1-3H3;/q;-2/p+1. The molecule has 0 heterocycles. The van der Waals surface area contributed by atoms with Crippen LogP contribution in [0.1, 0.15) is 1.43 Å². The van der Waals surface area contributed by atoms with E-state index in [9.17, 15) is 0 Å². The highest BCUT2D eigenvalue weighted by atomic mass is 32.1. The zero-order chi connectivity index (χ0) is 3.58. The van der Waals surface area contributed by atoms with E-state index in [1.165, 1.54) is 0 Å². The Morgan fingerprint density at radius 1 is 1.20 bits per heavy atom. The lowest BCUT2D eigenvalue weighted by Gasteiger charge is -2.00. The summed E-state index contributed by atoms with van der Waals surface area (Å²) in [4.78, 5) is 2.00. The fourth-order valence-electron chi connectivity index (χ4n) is 0. The van der Waals surface area contributed by atoms with Gasteiger partial charge in [0.1, 0.15) is 0 Å². The lowest BCUT2D eigenvalue weighted by Crippen LogP contribution is -1.99. The highest BCUT2D eigenvalue weighted by molar-refractivity contribution is 7.37. The third-order valence-corrected chi connectivity index (χ3v) is 0. The van der Waals surface area contributed by atoms with Crippen LogP contribution in [0.15, 0.2) is 0 Å². The van der Waals surface area contributed by atoms with Crippen LogP contribution in [0.25, 0.3) is 0 Å². The summed E-state index contributed by atoms with van der Waals surface area (Å²) in [6.07, 6.45) is 0. The summed E-state index contributed by atoms with van der Waals surface area (Å²) in [6.45, 7) is 0. The van der Waals surface area contributed by atoms with Crippen LogP contribution in [0.4, 0.5) is 0 Å². The molecule has 0 spiro atoms. The molecular formula is C3H10NS-. The van der Waals surface area contributed by atoms with Crippen LogP contribution >= 0.6 is 0 Å². The summed E-state index contributed by atoms with van der Waals surface area (Å²) in [5.41, 5.74) is 0. The second-order valence-electron chi connectivity index (χ2n) is 1.34. The first-order valence-corrected chi connectivity index (χ1v) is 1.34. The van der Waals surface area contributed by atoms with Gasteiger partial charge >= 0.3 is 1.43 Å². The molecule has 0 atom stereocenters. The van der Waals surface area contributed by atoms with E-state index < -0.39 is 0 Å². The van der Waals surface area contributed by atoms with Crippen LogP contribution in [-0.2, 0) is 13.5 Å². The maximum Gasteiger partial charge on any atom is 1.00 e. The second kappa shape index (κ2) is 4.31. The predicted molar refractivity (Wildman–Crippen MR) is 28.1 cm³/mol. The van der Waals surface area contributed by atoms with Crippen molar-refractivity contribution in [3.63, 3.8) is 0 Å². The van der Waals surface area contributed by atoms with Gasteiger partial charge in [-0.2, -0.15) is 0 Å². The minimum Gasteiger partial charge on any atom is -2.00 e. The van der Waals surface area contributed by atoms with Gasteiger partial charge in [-0.05, 0) is 21.1 Å². The summed E-state index contributed by atoms with van der Waals surface area (Å²) < 4.78 is 0. The largest absolute Gasteiger partial charge is 2.00 e. The van der Waals surface area contributed by atoms with Gasteiger partial charge in [-0.25, -0.2) is 0 Å². The quantitative estimate of drug-likeness (QED) is 0.415. The van der Waals surface area contributed by atoms with Gasteiger partial charge in [0.05, 0.1) is 0 Å². The van der Waals surface area contributed by atoms with Crippen molar-refractivity contribution >= 4 is 13.5 Å². The van der Waals surface area contributed by atoms with Crippen LogP contribution in [0, 0.1) is 0 Å². The highest BCUT2D eigenvalue weighted by Gasteiger charge is 1.58. The Morgan fingerprint density at radius 3 is 1.20 bits per heavy atom. The van der Waals surface area contributed by atoms with Crippen molar-refractivity contribution < 1.29 is 1.43 Å². The Labute approximate surface area is 41.9 Å². The number of nitrogens with zero attached hydrogens (tertiary/aromatic N) is 1. The molecule has 0 rings (SSSR count). The molecule has 0 saturated heterocycles. The van der Waals surface area contributed by atoms with Crippen LogP contribution in [-0.4, -0.2) is 26.0 Å².